The number of nitrogens with zero attached hydrogens (tertiary/aromatic N) is 1. The van der Waals surface area contributed by atoms with Gasteiger partial charge < -0.3 is 4.90 Å². The van der Waals surface area contributed by atoms with Crippen molar-refractivity contribution in [3.05, 3.63) is 71.8 Å². The Morgan fingerprint density at radius 2 is 1.52 bits per heavy atom. The van der Waals surface area contributed by atoms with Gasteiger partial charge in [0, 0.05) is 17.1 Å². The minimum absolute atomic E-state index is 0.0999. The molecular weight excluding hydrogens is 282 g/mol. The molecule has 1 unspecified atom stereocenters. The van der Waals surface area contributed by atoms with Crippen molar-refractivity contribution in [1.29, 1.82) is 0 Å². The van der Waals surface area contributed by atoms with E-state index in [1.165, 1.54) is 0 Å². The van der Waals surface area contributed by atoms with E-state index < -0.39 is 18.7 Å². The number of hydrogen-bond acceptors (Lipinski definition) is 2. The average Bonchev–Trinajstić information content (AvgIpc) is 2.55. The van der Waals surface area contributed by atoms with Crippen LogP contribution in [0.5, 0.6) is 0 Å². The van der Waals surface area contributed by atoms with Crippen molar-refractivity contribution in [2.75, 3.05) is 20.6 Å². The van der Waals surface area contributed by atoms with Gasteiger partial charge >= 0.3 is 0 Å². The molecule has 0 spiro atoms. The highest BCUT2D eigenvalue weighted by Crippen LogP contribution is 2.41. The Hall–Kier alpha value is -1.93. The minimum Gasteiger partial charge on any atom is -0.309 e. The predicted octanol–water partition coefficient (Wildman–Crippen LogP) is 4.15. The zero-order valence-corrected chi connectivity index (χ0v) is 14.1. The third kappa shape index (κ3) is 3.37. The van der Waals surface area contributed by atoms with Crippen molar-refractivity contribution in [3.8, 4) is 0 Å². The van der Waals surface area contributed by atoms with Crippen LogP contribution in [0.2, 0.25) is 0 Å². The molecule has 2 aromatic rings. The van der Waals surface area contributed by atoms with Crippen LogP contribution in [0, 0.1) is 5.92 Å². The molecule has 2 aromatic carbocycles. The van der Waals surface area contributed by atoms with E-state index in [0.717, 1.165) is 11.1 Å². The third-order valence-corrected chi connectivity index (χ3v) is 4.44. The summed E-state index contributed by atoms with van der Waals surface area (Å²) >= 11 is 0. The Morgan fingerprint density at radius 3 is 1.91 bits per heavy atom. The molecule has 1 atom stereocenters. The first kappa shape index (κ1) is 13.5. The van der Waals surface area contributed by atoms with E-state index in [4.69, 9.17) is 4.11 Å². The maximum atomic E-state index is 13.5. The largest absolute Gasteiger partial charge is 0.309 e. The van der Waals surface area contributed by atoms with Gasteiger partial charge in [-0.25, -0.2) is 0 Å². The Bertz CT molecular complexity index is 672. The fraction of sp³-hybridized carbons (Fsp3) is 0.381. The highest BCUT2D eigenvalue weighted by atomic mass is 16.1. The first-order valence-corrected chi connectivity index (χ1v) is 7.97. The molecule has 2 rings (SSSR count). The fourth-order valence-electron chi connectivity index (χ4n) is 3.56. The summed E-state index contributed by atoms with van der Waals surface area (Å²) in [6.07, 6.45) is -0.450. The molecule has 0 N–H and O–H groups in total. The Morgan fingerprint density at radius 1 is 1.04 bits per heavy atom. The number of hydrogen-bond donors (Lipinski definition) is 0. The molecule has 2 nitrogen and oxygen atoms in total. The number of rotatable bonds is 7. The fourth-order valence-corrected chi connectivity index (χ4v) is 3.56. The summed E-state index contributed by atoms with van der Waals surface area (Å²) in [6.45, 7) is 0.387. The van der Waals surface area contributed by atoms with Gasteiger partial charge in [-0.05, 0) is 31.1 Å². The van der Waals surface area contributed by atoms with E-state index in [2.05, 4.69) is 0 Å². The molecule has 0 aliphatic heterocycles. The maximum absolute atomic E-state index is 13.5. The Balaban J connectivity index is 2.73. The van der Waals surface area contributed by atoms with Crippen LogP contribution in [-0.4, -0.2) is 31.3 Å². The van der Waals surface area contributed by atoms with Gasteiger partial charge in [0.2, 0.25) is 0 Å². The van der Waals surface area contributed by atoms with Gasteiger partial charge in [0.25, 0.3) is 0 Å². The lowest BCUT2D eigenvalue weighted by Crippen LogP contribution is -2.46. The minimum atomic E-state index is -2.30. The number of ketones is 1. The van der Waals surface area contributed by atoms with Gasteiger partial charge in [0.15, 0.2) is 0 Å². The summed E-state index contributed by atoms with van der Waals surface area (Å²) in [5, 5.41) is 0. The molecular formula is C21H27NO. The normalized spacial score (nSPS) is 15.6. The summed E-state index contributed by atoms with van der Waals surface area (Å²) < 4.78 is 23.0. The standard InChI is InChI=1S/C21H27NO/c1-5-20(23)21(17(2)16-22(3)4,18-12-8-6-9-13-18)19-14-10-7-11-15-19/h6-15,17H,5,16H2,1-4H3/i1D3. The quantitative estimate of drug-likeness (QED) is 0.765. The molecule has 0 bridgehead atoms. The van der Waals surface area contributed by atoms with Gasteiger partial charge in [-0.3, -0.25) is 4.79 Å². The van der Waals surface area contributed by atoms with Crippen LogP contribution in [-0.2, 0) is 10.2 Å². The molecule has 0 fully saturated rings. The van der Waals surface area contributed by atoms with Crippen molar-refractivity contribution in [2.45, 2.75) is 25.6 Å². The molecule has 122 valence electrons. The molecule has 0 saturated heterocycles. The zero-order chi connectivity index (χ0) is 19.4. The summed E-state index contributed by atoms with van der Waals surface area (Å²) in [6, 6.07) is 19.1. The number of Topliss-reactive ketones (excluding diaryl/α,β-unsaturated/α-hetero) is 1. The number of carbonyl (C=O) groups excluding carboxylic acids is 1. The monoisotopic (exact) mass is 312 g/mol. The van der Waals surface area contributed by atoms with E-state index in [9.17, 15) is 4.79 Å². The van der Waals surface area contributed by atoms with Gasteiger partial charge in [0.05, 0.1) is 5.41 Å². The molecule has 0 amide bonds. The van der Waals surface area contributed by atoms with Gasteiger partial charge in [0.1, 0.15) is 5.78 Å². The van der Waals surface area contributed by atoms with Crippen LogP contribution in [0.15, 0.2) is 60.7 Å². The summed E-state index contributed by atoms with van der Waals surface area (Å²) in [5.74, 6) is -0.360. The second-order valence-electron chi connectivity index (χ2n) is 6.30. The van der Waals surface area contributed by atoms with Crippen LogP contribution in [0.25, 0.3) is 0 Å². The number of benzene rings is 2. The maximum Gasteiger partial charge on any atom is 0.147 e. The van der Waals surface area contributed by atoms with Crippen LogP contribution >= 0.6 is 0 Å². The molecule has 0 saturated carbocycles. The molecule has 0 aromatic heterocycles. The second kappa shape index (κ2) is 7.56. The molecule has 0 heterocycles. The summed E-state index contributed by atoms with van der Waals surface area (Å²) in [7, 11) is 3.93. The van der Waals surface area contributed by atoms with Crippen LogP contribution in [0.4, 0.5) is 0 Å². The van der Waals surface area contributed by atoms with Crippen molar-refractivity contribution < 1.29 is 8.91 Å². The van der Waals surface area contributed by atoms with Crippen molar-refractivity contribution in [2.24, 2.45) is 5.92 Å². The highest BCUT2D eigenvalue weighted by Gasteiger charge is 2.45. The highest BCUT2D eigenvalue weighted by molar-refractivity contribution is 5.94. The van der Waals surface area contributed by atoms with E-state index >= 15 is 0 Å². The molecule has 2 heteroatoms. The van der Waals surface area contributed by atoms with E-state index in [0.29, 0.717) is 6.54 Å². The Kier molecular flexibility index (Phi) is 4.44. The Labute approximate surface area is 144 Å². The van der Waals surface area contributed by atoms with Crippen molar-refractivity contribution in [3.63, 3.8) is 0 Å². The topological polar surface area (TPSA) is 20.3 Å². The summed E-state index contributed by atoms with van der Waals surface area (Å²) in [5.41, 5.74) is 0.686. The van der Waals surface area contributed by atoms with E-state index in [-0.39, 0.29) is 11.7 Å². The average molecular weight is 312 g/mol. The lowest BCUT2D eigenvalue weighted by Gasteiger charge is -2.40. The van der Waals surface area contributed by atoms with E-state index in [1.54, 1.807) is 0 Å². The molecule has 23 heavy (non-hydrogen) atoms. The lowest BCUT2D eigenvalue weighted by molar-refractivity contribution is -0.124. The van der Waals surface area contributed by atoms with E-state index in [1.807, 2.05) is 86.6 Å². The smallest absolute Gasteiger partial charge is 0.147 e. The molecule has 0 radical (unpaired) electrons. The third-order valence-electron chi connectivity index (χ3n) is 4.44. The van der Waals surface area contributed by atoms with Crippen molar-refractivity contribution in [1.82, 2.24) is 4.90 Å². The van der Waals surface area contributed by atoms with Crippen molar-refractivity contribution >= 4 is 5.78 Å². The molecule has 0 aliphatic carbocycles. The second-order valence-corrected chi connectivity index (χ2v) is 6.30. The number of carbonyl (C=O) groups is 1. The van der Waals surface area contributed by atoms with Gasteiger partial charge in [-0.2, -0.15) is 0 Å². The van der Waals surface area contributed by atoms with Crippen LogP contribution < -0.4 is 0 Å². The zero-order valence-electron chi connectivity index (χ0n) is 17.1. The first-order chi connectivity index (χ1) is 12.2. The predicted molar refractivity (Wildman–Crippen MR) is 96.7 cm³/mol. The SMILES string of the molecule is [2H]C([2H])([2H])CC(=O)C(c1ccccc1)(c1ccccc1)C(C)CN(C)C. The van der Waals surface area contributed by atoms with Gasteiger partial charge in [-0.1, -0.05) is 74.4 Å². The summed E-state index contributed by atoms with van der Waals surface area (Å²) in [4.78, 5) is 15.6. The molecule has 0 aliphatic rings. The first-order valence-electron chi connectivity index (χ1n) is 9.47. The van der Waals surface area contributed by atoms with Gasteiger partial charge in [-0.15, -0.1) is 0 Å². The lowest BCUT2D eigenvalue weighted by atomic mass is 9.63. The van der Waals surface area contributed by atoms with Crippen LogP contribution in [0.3, 0.4) is 0 Å². The van der Waals surface area contributed by atoms with Crippen LogP contribution in [0.1, 0.15) is 35.4 Å².